The van der Waals surface area contributed by atoms with E-state index in [0.29, 0.717) is 18.7 Å². The molecule has 1 aromatic rings. The van der Waals surface area contributed by atoms with Gasteiger partial charge in [-0.25, -0.2) is 0 Å². The molecule has 0 saturated carbocycles. The Morgan fingerprint density at radius 1 is 1.45 bits per heavy atom. The van der Waals surface area contributed by atoms with Crippen LogP contribution in [0.4, 0.5) is 5.69 Å². The second-order valence-electron chi connectivity index (χ2n) is 5.25. The number of nitrogens with two attached hydrogens (primary N) is 1. The van der Waals surface area contributed by atoms with E-state index >= 15 is 0 Å². The number of hydrogen-bond donors (Lipinski definition) is 2. The van der Waals surface area contributed by atoms with E-state index in [0.717, 1.165) is 24.9 Å². The smallest absolute Gasteiger partial charge is 0.240 e. The summed E-state index contributed by atoms with van der Waals surface area (Å²) in [6.07, 6.45) is 2.69. The Hall–Kier alpha value is -1.88. The van der Waals surface area contributed by atoms with E-state index in [1.54, 1.807) is 6.92 Å². The monoisotopic (exact) mass is 275 g/mol. The molecule has 0 spiro atoms. The lowest BCUT2D eigenvalue weighted by Crippen LogP contribution is -2.34. The summed E-state index contributed by atoms with van der Waals surface area (Å²) >= 11 is 0. The number of anilines is 1. The van der Waals surface area contributed by atoms with Gasteiger partial charge in [-0.3, -0.25) is 9.59 Å². The van der Waals surface area contributed by atoms with Gasteiger partial charge >= 0.3 is 0 Å². The third-order valence-electron chi connectivity index (χ3n) is 3.40. The van der Waals surface area contributed by atoms with Crippen molar-refractivity contribution in [2.45, 2.75) is 38.8 Å². The van der Waals surface area contributed by atoms with Crippen LogP contribution in [0.25, 0.3) is 0 Å². The molecule has 1 aliphatic rings. The molecule has 0 radical (unpaired) electrons. The van der Waals surface area contributed by atoms with E-state index in [2.05, 4.69) is 5.32 Å². The lowest BCUT2D eigenvalue weighted by molar-refractivity contribution is -0.133. The summed E-state index contributed by atoms with van der Waals surface area (Å²) in [5.74, 6) is -0.00234. The summed E-state index contributed by atoms with van der Waals surface area (Å²) in [5.41, 5.74) is 7.26. The lowest BCUT2D eigenvalue weighted by atomic mass is 10.1. The van der Waals surface area contributed by atoms with Crippen molar-refractivity contribution < 1.29 is 9.59 Å². The van der Waals surface area contributed by atoms with Gasteiger partial charge in [-0.2, -0.15) is 0 Å². The molecule has 0 bridgehead atoms. The predicted molar refractivity (Wildman–Crippen MR) is 78.0 cm³/mol. The third-order valence-corrected chi connectivity index (χ3v) is 3.40. The highest BCUT2D eigenvalue weighted by molar-refractivity contribution is 5.94. The number of rotatable bonds is 4. The summed E-state index contributed by atoms with van der Waals surface area (Å²) in [7, 11) is 0. The average Bonchev–Trinajstić information content (AvgIpc) is 2.42. The van der Waals surface area contributed by atoms with Gasteiger partial charge in [0.05, 0.1) is 6.04 Å². The Morgan fingerprint density at radius 3 is 2.95 bits per heavy atom. The zero-order valence-electron chi connectivity index (χ0n) is 11.8. The molecular weight excluding hydrogens is 254 g/mol. The van der Waals surface area contributed by atoms with Crippen molar-refractivity contribution in [1.29, 1.82) is 0 Å². The second-order valence-corrected chi connectivity index (χ2v) is 5.25. The molecule has 3 N–H and O–H groups in total. The number of likely N-dealkylation sites (tertiary alicyclic amines) is 1. The quantitative estimate of drug-likeness (QED) is 0.874. The molecule has 5 heteroatoms. The van der Waals surface area contributed by atoms with Crippen LogP contribution in [0, 0.1) is 0 Å². The van der Waals surface area contributed by atoms with Crippen molar-refractivity contribution in [3.8, 4) is 0 Å². The van der Waals surface area contributed by atoms with E-state index in [9.17, 15) is 9.59 Å². The van der Waals surface area contributed by atoms with E-state index < -0.39 is 6.04 Å². The molecule has 1 fully saturated rings. The topological polar surface area (TPSA) is 75.4 Å². The number of nitrogens with zero attached hydrogens (tertiary/aromatic N) is 1. The van der Waals surface area contributed by atoms with E-state index in [4.69, 9.17) is 5.73 Å². The molecule has 0 unspecified atom stereocenters. The standard InChI is InChI=1S/C15H21N3O2/c1-11(16)15(20)17-13-6-4-5-12(9-13)10-18-8-3-2-7-14(18)19/h4-6,9,11H,2-3,7-8,10,16H2,1H3,(H,17,20)/t11-/m0/s1. The number of benzene rings is 1. The van der Waals surface area contributed by atoms with Crippen molar-refractivity contribution in [2.75, 3.05) is 11.9 Å². The maximum Gasteiger partial charge on any atom is 0.240 e. The highest BCUT2D eigenvalue weighted by Gasteiger charge is 2.18. The minimum atomic E-state index is -0.540. The number of hydrogen-bond acceptors (Lipinski definition) is 3. The van der Waals surface area contributed by atoms with Crippen molar-refractivity contribution in [3.05, 3.63) is 29.8 Å². The number of piperidine rings is 1. The summed E-state index contributed by atoms with van der Waals surface area (Å²) in [6.45, 7) is 3.06. The Labute approximate surface area is 119 Å². The van der Waals surface area contributed by atoms with Gasteiger partial charge in [-0.05, 0) is 37.5 Å². The minimum absolute atomic E-state index is 0.210. The van der Waals surface area contributed by atoms with Gasteiger partial charge in [0.25, 0.3) is 0 Å². The van der Waals surface area contributed by atoms with Crippen LogP contribution in [0.15, 0.2) is 24.3 Å². The number of amides is 2. The van der Waals surface area contributed by atoms with Crippen LogP contribution in [-0.4, -0.2) is 29.3 Å². The molecule has 2 rings (SSSR count). The zero-order valence-corrected chi connectivity index (χ0v) is 11.8. The van der Waals surface area contributed by atoms with Gasteiger partial charge in [0.2, 0.25) is 11.8 Å². The number of nitrogens with one attached hydrogen (secondary N) is 1. The molecule has 0 aliphatic carbocycles. The van der Waals surface area contributed by atoms with Gasteiger partial charge < -0.3 is 16.0 Å². The van der Waals surface area contributed by atoms with Crippen molar-refractivity contribution in [3.63, 3.8) is 0 Å². The first-order chi connectivity index (χ1) is 9.56. The molecule has 1 saturated heterocycles. The first-order valence-corrected chi connectivity index (χ1v) is 6.99. The van der Waals surface area contributed by atoms with Crippen molar-refractivity contribution >= 4 is 17.5 Å². The van der Waals surface area contributed by atoms with Crippen molar-refractivity contribution in [2.24, 2.45) is 5.73 Å². The van der Waals surface area contributed by atoms with E-state index in [-0.39, 0.29) is 11.8 Å². The highest BCUT2D eigenvalue weighted by atomic mass is 16.2. The summed E-state index contributed by atoms with van der Waals surface area (Å²) < 4.78 is 0. The molecule has 5 nitrogen and oxygen atoms in total. The van der Waals surface area contributed by atoms with Crippen LogP contribution in [0.2, 0.25) is 0 Å². The van der Waals surface area contributed by atoms with Gasteiger partial charge in [0.15, 0.2) is 0 Å². The molecule has 108 valence electrons. The lowest BCUT2D eigenvalue weighted by Gasteiger charge is -2.26. The van der Waals surface area contributed by atoms with Gasteiger partial charge in [-0.1, -0.05) is 12.1 Å². The molecular formula is C15H21N3O2. The molecule has 20 heavy (non-hydrogen) atoms. The largest absolute Gasteiger partial charge is 0.338 e. The van der Waals surface area contributed by atoms with Crippen LogP contribution in [-0.2, 0) is 16.1 Å². The Kier molecular flexibility index (Phi) is 4.74. The number of carbonyl (C=O) groups excluding carboxylic acids is 2. The van der Waals surface area contributed by atoms with Crippen LogP contribution in [0.3, 0.4) is 0 Å². The Morgan fingerprint density at radius 2 is 2.25 bits per heavy atom. The SMILES string of the molecule is C[C@H](N)C(=O)Nc1cccc(CN2CCCCC2=O)c1. The summed E-state index contributed by atoms with van der Waals surface area (Å²) in [6, 6.07) is 7.01. The molecule has 1 atom stereocenters. The maximum atomic E-state index is 11.8. The zero-order chi connectivity index (χ0) is 14.5. The molecule has 2 amide bonds. The fraction of sp³-hybridized carbons (Fsp3) is 0.467. The maximum absolute atomic E-state index is 11.8. The van der Waals surface area contributed by atoms with Crippen LogP contribution >= 0.6 is 0 Å². The van der Waals surface area contributed by atoms with Gasteiger partial charge in [-0.15, -0.1) is 0 Å². The molecule has 1 heterocycles. The fourth-order valence-corrected chi connectivity index (χ4v) is 2.25. The molecule has 1 aromatic carbocycles. The third kappa shape index (κ3) is 3.81. The highest BCUT2D eigenvalue weighted by Crippen LogP contribution is 2.17. The van der Waals surface area contributed by atoms with Crippen LogP contribution in [0.1, 0.15) is 31.7 Å². The van der Waals surface area contributed by atoms with Gasteiger partial charge in [0, 0.05) is 25.2 Å². The first-order valence-electron chi connectivity index (χ1n) is 6.99. The van der Waals surface area contributed by atoms with Crippen molar-refractivity contribution in [1.82, 2.24) is 4.90 Å². The molecule has 0 aromatic heterocycles. The Balaban J connectivity index is 2.02. The van der Waals surface area contributed by atoms with Crippen LogP contribution < -0.4 is 11.1 Å². The second kappa shape index (κ2) is 6.52. The Bertz CT molecular complexity index is 500. The van der Waals surface area contributed by atoms with Crippen LogP contribution in [0.5, 0.6) is 0 Å². The van der Waals surface area contributed by atoms with E-state index in [1.807, 2.05) is 29.2 Å². The summed E-state index contributed by atoms with van der Waals surface area (Å²) in [4.78, 5) is 25.2. The predicted octanol–water partition coefficient (Wildman–Crippen LogP) is 1.48. The number of carbonyl (C=O) groups is 2. The molecule has 1 aliphatic heterocycles. The first kappa shape index (κ1) is 14.5. The average molecular weight is 275 g/mol. The van der Waals surface area contributed by atoms with Gasteiger partial charge in [0.1, 0.15) is 0 Å². The normalized spacial score (nSPS) is 16.9. The minimum Gasteiger partial charge on any atom is -0.338 e. The summed E-state index contributed by atoms with van der Waals surface area (Å²) in [5, 5.41) is 2.76. The fourth-order valence-electron chi connectivity index (χ4n) is 2.25. The van der Waals surface area contributed by atoms with E-state index in [1.165, 1.54) is 0 Å².